The topological polar surface area (TPSA) is 74.3 Å². The lowest BCUT2D eigenvalue weighted by Crippen LogP contribution is -2.04. The highest BCUT2D eigenvalue weighted by Gasteiger charge is 2.19. The molecule has 11 rings (SSSR count). The minimum absolute atomic E-state index is 0.458. The molecular formula is C49H31N7. The number of aromatic nitrogens is 7. The van der Waals surface area contributed by atoms with Crippen molar-refractivity contribution in [1.29, 1.82) is 0 Å². The highest BCUT2D eigenvalue weighted by molar-refractivity contribution is 6.12. The smallest absolute Gasteiger partial charge is 0.184 e. The van der Waals surface area contributed by atoms with E-state index in [1.165, 1.54) is 21.8 Å². The van der Waals surface area contributed by atoms with Crippen molar-refractivity contribution < 1.29 is 0 Å². The molecule has 0 amide bonds. The molecule has 11 aromatic rings. The third-order valence-corrected chi connectivity index (χ3v) is 10.5. The summed E-state index contributed by atoms with van der Waals surface area (Å²) in [5.74, 6) is 2.29. The molecule has 7 nitrogen and oxygen atoms in total. The number of para-hydroxylation sites is 3. The van der Waals surface area contributed by atoms with Crippen molar-refractivity contribution in [3.05, 3.63) is 188 Å². The predicted molar refractivity (Wildman–Crippen MR) is 226 cm³/mol. The maximum atomic E-state index is 5.17. The molecule has 0 spiro atoms. The first-order chi connectivity index (χ1) is 27.8. The SMILES string of the molecule is c1ccc(-c2nc(-c3ccccc3)nc(-c3cncc(-n4c5ccccc5c5cc(-c6ccc7c(c6)c6ccccc6n7-c6ccccc6)ccc54)n3)n2)cc1. The second-order valence-corrected chi connectivity index (χ2v) is 13.8. The minimum atomic E-state index is 0.458. The van der Waals surface area contributed by atoms with Gasteiger partial charge in [0.25, 0.3) is 0 Å². The van der Waals surface area contributed by atoms with Crippen LogP contribution in [-0.4, -0.2) is 34.1 Å². The van der Waals surface area contributed by atoms with E-state index in [4.69, 9.17) is 24.9 Å². The second-order valence-electron chi connectivity index (χ2n) is 13.8. The standard InChI is InChI=1S/C49H31N7/c1-4-14-32(15-5-1)47-52-48(33-16-6-2-7-17-33)54-49(53-47)41-30-50-31-46(51-41)56-43-23-13-11-21-38(43)40-29-35(25-27-45(40)56)34-24-26-44-39(28-34)37-20-10-12-22-42(37)55(44)36-18-8-3-9-19-36/h1-31H. The molecule has 7 heteroatoms. The lowest BCUT2D eigenvalue weighted by atomic mass is 10.0. The number of hydrogen-bond donors (Lipinski definition) is 0. The first-order valence-corrected chi connectivity index (χ1v) is 18.6. The van der Waals surface area contributed by atoms with Gasteiger partial charge in [-0.25, -0.2) is 19.9 Å². The molecule has 0 fully saturated rings. The largest absolute Gasteiger partial charge is 0.309 e. The summed E-state index contributed by atoms with van der Waals surface area (Å²) in [6, 6.07) is 61.1. The van der Waals surface area contributed by atoms with E-state index in [1.807, 2.05) is 60.7 Å². The normalized spacial score (nSPS) is 11.6. The Morgan fingerprint density at radius 2 is 0.786 bits per heavy atom. The van der Waals surface area contributed by atoms with Gasteiger partial charge < -0.3 is 4.57 Å². The summed E-state index contributed by atoms with van der Waals surface area (Å²) in [5, 5.41) is 4.72. The van der Waals surface area contributed by atoms with Gasteiger partial charge in [0.1, 0.15) is 5.69 Å². The molecule has 262 valence electrons. The van der Waals surface area contributed by atoms with Crippen molar-refractivity contribution in [2.75, 3.05) is 0 Å². The second kappa shape index (κ2) is 13.0. The number of rotatable bonds is 6. The third kappa shape index (κ3) is 5.25. The molecule has 4 heterocycles. The van der Waals surface area contributed by atoms with Crippen molar-refractivity contribution in [3.8, 4) is 56.9 Å². The summed E-state index contributed by atoms with van der Waals surface area (Å²) in [4.78, 5) is 24.6. The summed E-state index contributed by atoms with van der Waals surface area (Å²) >= 11 is 0. The molecule has 0 saturated heterocycles. The molecule has 56 heavy (non-hydrogen) atoms. The van der Waals surface area contributed by atoms with E-state index in [-0.39, 0.29) is 0 Å². The van der Waals surface area contributed by atoms with Gasteiger partial charge >= 0.3 is 0 Å². The average molecular weight is 718 g/mol. The van der Waals surface area contributed by atoms with E-state index in [0.29, 0.717) is 29.0 Å². The summed E-state index contributed by atoms with van der Waals surface area (Å²) in [5.41, 5.74) is 10.3. The van der Waals surface area contributed by atoms with E-state index in [9.17, 15) is 0 Å². The molecular weight excluding hydrogens is 687 g/mol. The van der Waals surface area contributed by atoms with Crippen LogP contribution in [0.2, 0.25) is 0 Å². The minimum Gasteiger partial charge on any atom is -0.309 e. The zero-order valence-electron chi connectivity index (χ0n) is 30.0. The first kappa shape index (κ1) is 31.7. The van der Waals surface area contributed by atoms with E-state index >= 15 is 0 Å². The number of fused-ring (bicyclic) bond motifs is 6. The molecule has 0 radical (unpaired) electrons. The van der Waals surface area contributed by atoms with Crippen LogP contribution in [0.3, 0.4) is 0 Å². The highest BCUT2D eigenvalue weighted by atomic mass is 15.1. The zero-order chi connectivity index (χ0) is 37.0. The predicted octanol–water partition coefficient (Wildman–Crippen LogP) is 11.5. The molecule has 0 unspecified atom stereocenters. The summed E-state index contributed by atoms with van der Waals surface area (Å²) in [6.07, 6.45) is 3.52. The van der Waals surface area contributed by atoms with Crippen LogP contribution in [0.5, 0.6) is 0 Å². The monoisotopic (exact) mass is 717 g/mol. The van der Waals surface area contributed by atoms with Gasteiger partial charge in [-0.2, -0.15) is 0 Å². The van der Waals surface area contributed by atoms with Crippen LogP contribution in [0.4, 0.5) is 0 Å². The van der Waals surface area contributed by atoms with Crippen molar-refractivity contribution in [3.63, 3.8) is 0 Å². The number of benzene rings is 7. The fourth-order valence-corrected chi connectivity index (χ4v) is 7.90. The van der Waals surface area contributed by atoms with Crippen LogP contribution < -0.4 is 0 Å². The maximum absolute atomic E-state index is 5.17. The van der Waals surface area contributed by atoms with Crippen molar-refractivity contribution in [1.82, 2.24) is 34.1 Å². The van der Waals surface area contributed by atoms with Gasteiger partial charge in [-0.15, -0.1) is 0 Å². The lowest BCUT2D eigenvalue weighted by Gasteiger charge is -2.10. The van der Waals surface area contributed by atoms with E-state index in [0.717, 1.165) is 49.7 Å². The molecule has 0 saturated carbocycles. The first-order valence-electron chi connectivity index (χ1n) is 18.6. The van der Waals surface area contributed by atoms with Gasteiger partial charge in [0.2, 0.25) is 0 Å². The number of nitrogens with zero attached hydrogens (tertiary/aromatic N) is 7. The Balaban J connectivity index is 1.05. The fraction of sp³-hybridized carbons (Fsp3) is 0. The average Bonchev–Trinajstić information content (AvgIpc) is 3.79. The van der Waals surface area contributed by atoms with E-state index in [1.54, 1.807) is 12.4 Å². The Morgan fingerprint density at radius 3 is 1.38 bits per heavy atom. The Morgan fingerprint density at radius 1 is 0.321 bits per heavy atom. The Bertz CT molecular complexity index is 3180. The summed E-state index contributed by atoms with van der Waals surface area (Å²) in [6.45, 7) is 0. The quantitative estimate of drug-likeness (QED) is 0.171. The van der Waals surface area contributed by atoms with Gasteiger partial charge in [0.15, 0.2) is 23.3 Å². The van der Waals surface area contributed by atoms with Crippen LogP contribution in [0.1, 0.15) is 0 Å². The van der Waals surface area contributed by atoms with Crippen molar-refractivity contribution in [2.45, 2.75) is 0 Å². The molecule has 7 aromatic carbocycles. The Labute approximate surface area is 321 Å². The molecule has 0 aliphatic heterocycles. The van der Waals surface area contributed by atoms with Gasteiger partial charge in [0.05, 0.1) is 34.5 Å². The van der Waals surface area contributed by atoms with Crippen LogP contribution in [-0.2, 0) is 0 Å². The van der Waals surface area contributed by atoms with E-state index < -0.39 is 0 Å². The molecule has 0 N–H and O–H groups in total. The Kier molecular flexibility index (Phi) is 7.35. The fourth-order valence-electron chi connectivity index (χ4n) is 7.90. The van der Waals surface area contributed by atoms with Crippen LogP contribution in [0.15, 0.2) is 188 Å². The Hall–Kier alpha value is -7.77. The molecule has 0 atom stereocenters. The third-order valence-electron chi connectivity index (χ3n) is 10.5. The summed E-state index contributed by atoms with van der Waals surface area (Å²) in [7, 11) is 0. The van der Waals surface area contributed by atoms with E-state index in [2.05, 4.69) is 124 Å². The highest BCUT2D eigenvalue weighted by Crippen LogP contribution is 2.38. The molecule has 0 aliphatic carbocycles. The van der Waals surface area contributed by atoms with Gasteiger partial charge in [-0.1, -0.05) is 127 Å². The van der Waals surface area contributed by atoms with Crippen LogP contribution >= 0.6 is 0 Å². The number of hydrogen-bond acceptors (Lipinski definition) is 5. The van der Waals surface area contributed by atoms with Crippen LogP contribution in [0.25, 0.3) is 101 Å². The molecule has 0 aliphatic rings. The summed E-state index contributed by atoms with van der Waals surface area (Å²) < 4.78 is 4.53. The van der Waals surface area contributed by atoms with Crippen molar-refractivity contribution in [2.24, 2.45) is 0 Å². The van der Waals surface area contributed by atoms with Gasteiger partial charge in [-0.05, 0) is 59.7 Å². The molecule has 0 bridgehead atoms. The van der Waals surface area contributed by atoms with Gasteiger partial charge in [-0.3, -0.25) is 9.55 Å². The van der Waals surface area contributed by atoms with Gasteiger partial charge in [0, 0.05) is 38.4 Å². The zero-order valence-corrected chi connectivity index (χ0v) is 30.0. The van der Waals surface area contributed by atoms with Crippen LogP contribution in [0, 0.1) is 0 Å². The molecule has 4 aromatic heterocycles. The lowest BCUT2D eigenvalue weighted by molar-refractivity contribution is 1.01. The maximum Gasteiger partial charge on any atom is 0.184 e. The van der Waals surface area contributed by atoms with Crippen molar-refractivity contribution >= 4 is 43.6 Å².